The summed E-state index contributed by atoms with van der Waals surface area (Å²) in [7, 11) is 0. The normalized spacial score (nSPS) is 27.3. The van der Waals surface area contributed by atoms with Crippen molar-refractivity contribution in [1.29, 1.82) is 0 Å². The molecule has 2 heteroatoms. The van der Waals surface area contributed by atoms with E-state index in [1.807, 2.05) is 0 Å². The second-order valence-corrected chi connectivity index (χ2v) is 3.42. The van der Waals surface area contributed by atoms with Crippen LogP contribution in [0.15, 0.2) is 0 Å². The van der Waals surface area contributed by atoms with Crippen molar-refractivity contribution < 1.29 is 0 Å². The van der Waals surface area contributed by atoms with E-state index < -0.39 is 0 Å². The Hall–Kier alpha value is -0.0800. The molecule has 1 saturated heterocycles. The molecule has 0 spiro atoms. The first kappa shape index (κ1) is 9.01. The minimum atomic E-state index is 0.469. The molecule has 2 nitrogen and oxygen atoms in total. The molecule has 1 fully saturated rings. The van der Waals surface area contributed by atoms with Gasteiger partial charge in [-0.2, -0.15) is 0 Å². The van der Waals surface area contributed by atoms with Crippen molar-refractivity contribution in [2.75, 3.05) is 6.54 Å². The molecule has 0 aliphatic carbocycles. The summed E-state index contributed by atoms with van der Waals surface area (Å²) in [6, 6.07) is 0.645. The second-order valence-electron chi connectivity index (χ2n) is 3.42. The predicted molar refractivity (Wildman–Crippen MR) is 47.5 cm³/mol. The van der Waals surface area contributed by atoms with E-state index in [0.717, 1.165) is 6.54 Å². The molecule has 0 bridgehead atoms. The maximum Gasteiger partial charge on any atom is 0.0738 e. The van der Waals surface area contributed by atoms with E-state index >= 15 is 0 Å². The average Bonchev–Trinajstić information content (AvgIpc) is 2.40. The van der Waals surface area contributed by atoms with Crippen LogP contribution >= 0.6 is 0 Å². The van der Waals surface area contributed by atoms with Crippen LogP contribution in [0.4, 0.5) is 0 Å². The van der Waals surface area contributed by atoms with Crippen LogP contribution in [-0.2, 0) is 0 Å². The van der Waals surface area contributed by atoms with E-state index in [2.05, 4.69) is 24.5 Å². The van der Waals surface area contributed by atoms with E-state index in [4.69, 9.17) is 0 Å². The van der Waals surface area contributed by atoms with Gasteiger partial charge in [0, 0.05) is 12.6 Å². The summed E-state index contributed by atoms with van der Waals surface area (Å²) in [5.74, 6) is 0. The van der Waals surface area contributed by atoms with Gasteiger partial charge in [0.05, 0.1) is 6.17 Å². The van der Waals surface area contributed by atoms with E-state index in [0.29, 0.717) is 12.2 Å². The first-order chi connectivity index (χ1) is 5.33. The van der Waals surface area contributed by atoms with Crippen LogP contribution in [0.25, 0.3) is 0 Å². The Bertz CT molecular complexity index is 97.7. The Labute approximate surface area is 69.8 Å². The monoisotopic (exact) mass is 155 g/mol. The quantitative estimate of drug-likeness (QED) is 0.654. The molecule has 0 aromatic rings. The molecule has 1 rings (SSSR count). The lowest BCUT2D eigenvalue weighted by Crippen LogP contribution is -2.39. The van der Waals surface area contributed by atoms with Gasteiger partial charge in [0.2, 0.25) is 0 Å². The molecule has 0 amide bonds. The number of rotatable bonds is 4. The zero-order valence-corrected chi connectivity index (χ0v) is 7.64. The lowest BCUT2D eigenvalue weighted by atomic mass is 10.2. The first-order valence-corrected chi connectivity index (χ1v) is 4.75. The van der Waals surface area contributed by atoms with Crippen LogP contribution in [0.5, 0.6) is 0 Å². The van der Waals surface area contributed by atoms with Gasteiger partial charge in [-0.25, -0.2) is 5.32 Å². The van der Waals surface area contributed by atoms with E-state index in [-0.39, 0.29) is 0 Å². The van der Waals surface area contributed by atoms with Gasteiger partial charge in [0.1, 0.15) is 0 Å². The Morgan fingerprint density at radius 2 is 2.45 bits per heavy atom. The molecule has 1 heterocycles. The number of nitrogens with zero attached hydrogens (tertiary/aromatic N) is 1. The SMILES string of the molecule is CCCC(C)NC1CCC[N]1. The van der Waals surface area contributed by atoms with Crippen LogP contribution in [0.3, 0.4) is 0 Å². The maximum absolute atomic E-state index is 4.45. The molecular formula is C9H19N2. The summed E-state index contributed by atoms with van der Waals surface area (Å²) < 4.78 is 0. The highest BCUT2D eigenvalue weighted by molar-refractivity contribution is 4.74. The molecular weight excluding hydrogens is 136 g/mol. The van der Waals surface area contributed by atoms with E-state index in [1.165, 1.54) is 25.7 Å². The summed E-state index contributed by atoms with van der Waals surface area (Å²) >= 11 is 0. The van der Waals surface area contributed by atoms with Gasteiger partial charge < -0.3 is 0 Å². The van der Waals surface area contributed by atoms with Crippen molar-refractivity contribution in [3.63, 3.8) is 0 Å². The Morgan fingerprint density at radius 1 is 1.64 bits per heavy atom. The summed E-state index contributed by atoms with van der Waals surface area (Å²) in [4.78, 5) is 0. The zero-order chi connectivity index (χ0) is 8.10. The Morgan fingerprint density at radius 3 is 3.00 bits per heavy atom. The standard InChI is InChI=1S/C9H19N2/c1-3-5-8(2)11-9-6-4-7-10-9/h8-9,11H,3-7H2,1-2H3. The fourth-order valence-corrected chi connectivity index (χ4v) is 1.60. The van der Waals surface area contributed by atoms with Crippen molar-refractivity contribution in [1.82, 2.24) is 10.6 Å². The zero-order valence-electron chi connectivity index (χ0n) is 7.64. The molecule has 1 N–H and O–H groups in total. The molecule has 2 unspecified atom stereocenters. The summed E-state index contributed by atoms with van der Waals surface area (Å²) in [6.07, 6.45) is 5.52. The van der Waals surface area contributed by atoms with Crippen LogP contribution in [-0.4, -0.2) is 18.8 Å². The maximum atomic E-state index is 4.45. The van der Waals surface area contributed by atoms with Crippen molar-refractivity contribution in [2.24, 2.45) is 0 Å². The van der Waals surface area contributed by atoms with Crippen LogP contribution in [0.2, 0.25) is 0 Å². The third-order valence-electron chi connectivity index (χ3n) is 2.18. The van der Waals surface area contributed by atoms with Crippen LogP contribution < -0.4 is 10.6 Å². The smallest absolute Gasteiger partial charge is 0.0738 e. The first-order valence-electron chi connectivity index (χ1n) is 4.75. The summed E-state index contributed by atoms with van der Waals surface area (Å²) in [6.45, 7) is 5.54. The number of hydrogen-bond donors (Lipinski definition) is 1. The van der Waals surface area contributed by atoms with Gasteiger partial charge in [-0.05, 0) is 26.2 Å². The van der Waals surface area contributed by atoms with E-state index in [1.54, 1.807) is 0 Å². The molecule has 0 saturated carbocycles. The molecule has 0 aromatic heterocycles. The van der Waals surface area contributed by atoms with Gasteiger partial charge in [0.15, 0.2) is 0 Å². The topological polar surface area (TPSA) is 26.1 Å². The highest BCUT2D eigenvalue weighted by Crippen LogP contribution is 2.06. The molecule has 2 atom stereocenters. The Kier molecular flexibility index (Phi) is 3.87. The minimum absolute atomic E-state index is 0.469. The molecule has 65 valence electrons. The lowest BCUT2D eigenvalue weighted by molar-refractivity contribution is 0.400. The Balaban J connectivity index is 2.08. The van der Waals surface area contributed by atoms with Crippen molar-refractivity contribution in [3.05, 3.63) is 0 Å². The summed E-state index contributed by atoms with van der Waals surface area (Å²) in [5, 5.41) is 7.96. The van der Waals surface area contributed by atoms with Crippen LogP contribution in [0, 0.1) is 0 Å². The largest absolute Gasteiger partial charge is 0.298 e. The van der Waals surface area contributed by atoms with Crippen molar-refractivity contribution in [3.8, 4) is 0 Å². The highest BCUT2D eigenvalue weighted by Gasteiger charge is 2.16. The third-order valence-corrected chi connectivity index (χ3v) is 2.18. The highest BCUT2D eigenvalue weighted by atomic mass is 15.1. The van der Waals surface area contributed by atoms with Crippen molar-refractivity contribution in [2.45, 2.75) is 51.7 Å². The molecule has 1 aliphatic heterocycles. The third kappa shape index (κ3) is 3.21. The molecule has 0 aromatic carbocycles. The fraction of sp³-hybridized carbons (Fsp3) is 1.00. The van der Waals surface area contributed by atoms with Gasteiger partial charge >= 0.3 is 0 Å². The number of hydrogen-bond acceptors (Lipinski definition) is 1. The lowest BCUT2D eigenvalue weighted by Gasteiger charge is -2.17. The van der Waals surface area contributed by atoms with Gasteiger partial charge in [0.25, 0.3) is 0 Å². The molecule has 11 heavy (non-hydrogen) atoms. The molecule has 1 radical (unpaired) electrons. The van der Waals surface area contributed by atoms with Gasteiger partial charge in [-0.3, -0.25) is 5.32 Å². The van der Waals surface area contributed by atoms with Crippen molar-refractivity contribution >= 4 is 0 Å². The number of nitrogens with one attached hydrogen (secondary N) is 1. The second kappa shape index (κ2) is 4.73. The predicted octanol–water partition coefficient (Wildman–Crippen LogP) is 1.49. The fourth-order valence-electron chi connectivity index (χ4n) is 1.60. The van der Waals surface area contributed by atoms with Crippen LogP contribution in [0.1, 0.15) is 39.5 Å². The summed E-state index contributed by atoms with van der Waals surface area (Å²) in [5.41, 5.74) is 0. The van der Waals surface area contributed by atoms with E-state index in [9.17, 15) is 0 Å². The van der Waals surface area contributed by atoms with Gasteiger partial charge in [-0.15, -0.1) is 0 Å². The van der Waals surface area contributed by atoms with Gasteiger partial charge in [-0.1, -0.05) is 13.3 Å². The minimum Gasteiger partial charge on any atom is -0.298 e. The molecule has 1 aliphatic rings. The average molecular weight is 155 g/mol.